The van der Waals surface area contributed by atoms with Crippen LogP contribution in [0.3, 0.4) is 0 Å². The first-order valence-electron chi connectivity index (χ1n) is 14.3. The number of carbonyl (C=O) groups is 3. The highest BCUT2D eigenvalue weighted by atomic mass is 16.7. The number of likely N-dealkylation sites (tertiary alicyclic amines) is 1. The van der Waals surface area contributed by atoms with Crippen LogP contribution in [0, 0.1) is 11.8 Å². The molecule has 2 heterocycles. The first kappa shape index (κ1) is 32.4. The molecule has 8 atom stereocenters. The number of hydrogen-bond acceptors (Lipinski definition) is 9. The van der Waals surface area contributed by atoms with Gasteiger partial charge in [-0.3, -0.25) is 9.59 Å². The fraction of sp³-hybridized carbons (Fsp3) is 0.516. The zero-order valence-corrected chi connectivity index (χ0v) is 24.2. The van der Waals surface area contributed by atoms with Crippen LogP contribution >= 0.6 is 0 Å². The van der Waals surface area contributed by atoms with E-state index in [1.165, 1.54) is 0 Å². The fourth-order valence-corrected chi connectivity index (χ4v) is 5.88. The molecule has 2 saturated heterocycles. The number of carboxylic acid groups (broad SMARTS) is 2. The average Bonchev–Trinajstić information content (AvgIpc) is 2.98. The summed E-state index contributed by atoms with van der Waals surface area (Å²) in [5.74, 6) is -2.86. The van der Waals surface area contributed by atoms with Gasteiger partial charge in [-0.1, -0.05) is 56.3 Å². The summed E-state index contributed by atoms with van der Waals surface area (Å²) in [6.45, 7) is 5.68. The number of nitrogens with one attached hydrogen (secondary N) is 1. The Kier molecular flexibility index (Phi) is 10.4. The van der Waals surface area contributed by atoms with Crippen LogP contribution in [0.15, 0.2) is 54.6 Å². The molecule has 2 aromatic carbocycles. The molecular formula is C31H40N2O10. The molecule has 2 aliphatic rings. The lowest BCUT2D eigenvalue weighted by Crippen LogP contribution is -2.61. The molecule has 2 aliphatic heterocycles. The highest BCUT2D eigenvalue weighted by Crippen LogP contribution is 2.41. The number of benzene rings is 2. The summed E-state index contributed by atoms with van der Waals surface area (Å²) in [4.78, 5) is 37.7. The summed E-state index contributed by atoms with van der Waals surface area (Å²) in [6, 6.07) is 16.8. The quantitative estimate of drug-likeness (QED) is 0.212. The van der Waals surface area contributed by atoms with Crippen LogP contribution in [0.2, 0.25) is 0 Å². The number of hydrogen-bond donors (Lipinski definition) is 6. The SMILES string of the molecule is C[C@@H]1CN(C[C@@H](Cc2ccccc2)C(=O)NCC(=O)O)CC[C@]1(C)c1cccc(OC2OC(C(=O)O)C(O)C(O)C2O)c1. The van der Waals surface area contributed by atoms with Crippen molar-refractivity contribution in [2.45, 2.75) is 62.8 Å². The van der Waals surface area contributed by atoms with E-state index in [0.717, 1.165) is 17.5 Å². The molecule has 0 saturated carbocycles. The number of aliphatic hydroxyl groups excluding tert-OH is 3. The molecule has 12 heteroatoms. The number of aliphatic carboxylic acids is 2. The molecule has 0 spiro atoms. The Morgan fingerprint density at radius 2 is 1.77 bits per heavy atom. The Morgan fingerprint density at radius 3 is 2.42 bits per heavy atom. The second-order valence-electron chi connectivity index (χ2n) is 11.7. The van der Waals surface area contributed by atoms with Crippen LogP contribution in [0.25, 0.3) is 0 Å². The first-order chi connectivity index (χ1) is 20.4. The van der Waals surface area contributed by atoms with Gasteiger partial charge in [-0.2, -0.15) is 0 Å². The van der Waals surface area contributed by atoms with Crippen molar-refractivity contribution in [3.63, 3.8) is 0 Å². The number of amides is 1. The molecule has 6 N–H and O–H groups in total. The summed E-state index contributed by atoms with van der Waals surface area (Å²) >= 11 is 0. The van der Waals surface area contributed by atoms with Gasteiger partial charge in [0, 0.05) is 13.1 Å². The molecule has 0 radical (unpaired) electrons. The summed E-state index contributed by atoms with van der Waals surface area (Å²) in [7, 11) is 0. The van der Waals surface area contributed by atoms with Crippen molar-refractivity contribution in [2.24, 2.45) is 11.8 Å². The average molecular weight is 601 g/mol. The Labute approximate surface area is 249 Å². The van der Waals surface area contributed by atoms with E-state index < -0.39 is 55.1 Å². The molecular weight excluding hydrogens is 560 g/mol. The van der Waals surface area contributed by atoms with Crippen molar-refractivity contribution in [2.75, 3.05) is 26.2 Å². The van der Waals surface area contributed by atoms with E-state index in [4.69, 9.17) is 14.6 Å². The maximum atomic E-state index is 13.0. The van der Waals surface area contributed by atoms with Crippen molar-refractivity contribution >= 4 is 17.8 Å². The third kappa shape index (κ3) is 7.70. The minimum Gasteiger partial charge on any atom is -0.480 e. The molecule has 0 aliphatic carbocycles. The molecule has 43 heavy (non-hydrogen) atoms. The normalized spacial score (nSPS) is 30.3. The zero-order valence-electron chi connectivity index (χ0n) is 24.2. The largest absolute Gasteiger partial charge is 0.480 e. The fourth-order valence-electron chi connectivity index (χ4n) is 5.88. The predicted octanol–water partition coefficient (Wildman–Crippen LogP) is 0.617. The van der Waals surface area contributed by atoms with Gasteiger partial charge >= 0.3 is 11.9 Å². The summed E-state index contributed by atoms with van der Waals surface area (Å²) in [5, 5.41) is 51.3. The second-order valence-corrected chi connectivity index (χ2v) is 11.7. The zero-order chi connectivity index (χ0) is 31.3. The van der Waals surface area contributed by atoms with Crippen molar-refractivity contribution in [3.8, 4) is 5.75 Å². The van der Waals surface area contributed by atoms with Crippen LogP contribution in [-0.4, -0.2) is 105 Å². The molecule has 234 valence electrons. The summed E-state index contributed by atoms with van der Waals surface area (Å²) in [5.41, 5.74) is 1.66. The van der Waals surface area contributed by atoms with Crippen LogP contribution in [0.5, 0.6) is 5.75 Å². The Morgan fingerprint density at radius 1 is 1.05 bits per heavy atom. The van der Waals surface area contributed by atoms with Crippen LogP contribution in [-0.2, 0) is 31.0 Å². The smallest absolute Gasteiger partial charge is 0.335 e. The van der Waals surface area contributed by atoms with Gasteiger partial charge in [-0.25, -0.2) is 4.79 Å². The maximum Gasteiger partial charge on any atom is 0.335 e. The lowest BCUT2D eigenvalue weighted by Gasteiger charge is -2.46. The van der Waals surface area contributed by atoms with Gasteiger partial charge in [0.2, 0.25) is 12.2 Å². The van der Waals surface area contributed by atoms with Gasteiger partial charge in [-0.15, -0.1) is 0 Å². The maximum absolute atomic E-state index is 13.0. The van der Waals surface area contributed by atoms with Crippen LogP contribution < -0.4 is 10.1 Å². The number of carboxylic acids is 2. The number of aliphatic hydroxyl groups is 3. The van der Waals surface area contributed by atoms with Crippen LogP contribution in [0.1, 0.15) is 31.4 Å². The van der Waals surface area contributed by atoms with E-state index in [2.05, 4.69) is 24.1 Å². The molecule has 12 nitrogen and oxygen atoms in total. The number of nitrogens with zero attached hydrogens (tertiary/aromatic N) is 1. The van der Waals surface area contributed by atoms with Gasteiger partial charge in [0.1, 0.15) is 30.6 Å². The number of piperidine rings is 1. The van der Waals surface area contributed by atoms with E-state index in [1.54, 1.807) is 18.2 Å². The topological polar surface area (TPSA) is 186 Å². The van der Waals surface area contributed by atoms with Gasteiger partial charge in [0.05, 0.1) is 5.92 Å². The summed E-state index contributed by atoms with van der Waals surface area (Å²) < 4.78 is 11.0. The van der Waals surface area contributed by atoms with E-state index >= 15 is 0 Å². The monoisotopic (exact) mass is 600 g/mol. The molecule has 0 bridgehead atoms. The first-order valence-corrected chi connectivity index (χ1v) is 14.3. The Bertz CT molecular complexity index is 1280. The lowest BCUT2D eigenvalue weighted by molar-refractivity contribution is -0.271. The third-order valence-corrected chi connectivity index (χ3v) is 8.71. The highest BCUT2D eigenvalue weighted by molar-refractivity contribution is 5.83. The molecule has 2 fully saturated rings. The minimum absolute atomic E-state index is 0.140. The van der Waals surface area contributed by atoms with Gasteiger partial charge in [0.25, 0.3) is 0 Å². The molecule has 1 amide bonds. The van der Waals surface area contributed by atoms with Gasteiger partial charge in [0.15, 0.2) is 6.10 Å². The third-order valence-electron chi connectivity index (χ3n) is 8.71. The lowest BCUT2D eigenvalue weighted by atomic mass is 9.68. The number of rotatable bonds is 11. The molecule has 5 unspecified atom stereocenters. The van der Waals surface area contributed by atoms with Crippen LogP contribution in [0.4, 0.5) is 0 Å². The van der Waals surface area contributed by atoms with Gasteiger partial charge < -0.3 is 45.2 Å². The number of ether oxygens (including phenoxy) is 2. The predicted molar refractivity (Wildman–Crippen MR) is 153 cm³/mol. The van der Waals surface area contributed by atoms with Crippen molar-refractivity contribution in [1.29, 1.82) is 0 Å². The van der Waals surface area contributed by atoms with E-state index in [9.17, 15) is 34.8 Å². The minimum atomic E-state index is -1.81. The number of carbonyl (C=O) groups excluding carboxylic acids is 1. The molecule has 4 rings (SSSR count). The van der Waals surface area contributed by atoms with E-state index in [0.29, 0.717) is 31.8 Å². The highest BCUT2D eigenvalue weighted by Gasteiger charge is 2.48. The summed E-state index contributed by atoms with van der Waals surface area (Å²) in [6.07, 6.45) is -7.26. The molecule has 0 aromatic heterocycles. The Balaban J connectivity index is 1.44. The Hall–Kier alpha value is -3.55. The van der Waals surface area contributed by atoms with E-state index in [1.807, 2.05) is 36.4 Å². The van der Waals surface area contributed by atoms with Gasteiger partial charge in [-0.05, 0) is 54.0 Å². The standard InChI is InChI=1S/C31H40N2O10/c1-18-16-33(17-20(28(39)32-15-23(34)35)13-19-7-4-3-5-8-19)12-11-31(18,2)21-9-6-10-22(14-21)42-30-26(38)24(36)25(37)27(43-30)29(40)41/h3-10,14,18,20,24-27,30,36-38H,11-13,15-17H2,1-2H3,(H,32,39)(H,34,35)(H,40,41)/t18-,20-,24?,25?,26?,27?,30?,31+/m1/s1. The van der Waals surface area contributed by atoms with Crippen molar-refractivity contribution in [1.82, 2.24) is 10.2 Å². The second kappa shape index (κ2) is 13.8. The van der Waals surface area contributed by atoms with E-state index in [-0.39, 0.29) is 17.2 Å². The van der Waals surface area contributed by atoms with Crippen molar-refractivity contribution in [3.05, 3.63) is 65.7 Å². The molecule has 2 aromatic rings. The van der Waals surface area contributed by atoms with Crippen molar-refractivity contribution < 1.29 is 49.4 Å².